The normalized spacial score (nSPS) is 11.2. The number of ether oxygens (including phenoxy) is 2. The number of hydrogen-bond donors (Lipinski definition) is 1. The van der Waals surface area contributed by atoms with Crippen LogP contribution >= 0.6 is 0 Å². The Bertz CT molecular complexity index is 396. The van der Waals surface area contributed by atoms with Gasteiger partial charge in [0.1, 0.15) is 0 Å². The fourth-order valence-corrected chi connectivity index (χ4v) is 1.64. The predicted molar refractivity (Wildman–Crippen MR) is 86.0 cm³/mol. The van der Waals surface area contributed by atoms with Crippen molar-refractivity contribution in [3.05, 3.63) is 18.2 Å². The van der Waals surface area contributed by atoms with Crippen LogP contribution in [-0.2, 0) is 0 Å². The zero-order valence-corrected chi connectivity index (χ0v) is 13.6. The predicted octanol–water partition coefficient (Wildman–Crippen LogP) is 4.72. The maximum absolute atomic E-state index is 5.79. The number of nitrogens with one attached hydrogen (secondary N) is 1. The molecule has 1 N–H and O–H groups in total. The van der Waals surface area contributed by atoms with Crippen molar-refractivity contribution in [2.24, 2.45) is 5.41 Å². The second-order valence-corrected chi connectivity index (χ2v) is 6.27. The van der Waals surface area contributed by atoms with Crippen LogP contribution in [0.2, 0.25) is 0 Å². The van der Waals surface area contributed by atoms with E-state index in [2.05, 4.69) is 46.0 Å². The van der Waals surface area contributed by atoms with E-state index in [1.54, 1.807) is 0 Å². The van der Waals surface area contributed by atoms with Gasteiger partial charge in [-0.1, -0.05) is 34.6 Å². The van der Waals surface area contributed by atoms with Gasteiger partial charge in [-0.2, -0.15) is 0 Å². The molecule has 0 radical (unpaired) electrons. The summed E-state index contributed by atoms with van der Waals surface area (Å²) in [6, 6.07) is 6.08. The first-order valence-electron chi connectivity index (χ1n) is 7.59. The summed E-state index contributed by atoms with van der Waals surface area (Å²) in [5, 5.41) is 3.45. The third-order valence-electron chi connectivity index (χ3n) is 2.69. The number of rotatable bonds is 8. The molecule has 3 nitrogen and oxygen atoms in total. The van der Waals surface area contributed by atoms with E-state index in [4.69, 9.17) is 9.47 Å². The Morgan fingerprint density at radius 1 is 0.950 bits per heavy atom. The Kier molecular flexibility index (Phi) is 6.69. The third-order valence-corrected chi connectivity index (χ3v) is 2.69. The number of anilines is 1. The lowest BCUT2D eigenvalue weighted by molar-refractivity contribution is 0.268. The summed E-state index contributed by atoms with van der Waals surface area (Å²) in [6.07, 6.45) is 1.99. The van der Waals surface area contributed by atoms with E-state index < -0.39 is 0 Å². The molecule has 114 valence electrons. The molecule has 3 heteroatoms. The van der Waals surface area contributed by atoms with E-state index in [1.165, 1.54) is 0 Å². The highest BCUT2D eigenvalue weighted by Gasteiger charge is 2.11. The van der Waals surface area contributed by atoms with Gasteiger partial charge in [0.05, 0.1) is 13.2 Å². The molecule has 0 saturated carbocycles. The van der Waals surface area contributed by atoms with Gasteiger partial charge in [0, 0.05) is 18.3 Å². The topological polar surface area (TPSA) is 30.5 Å². The molecule has 0 spiro atoms. The molecule has 0 atom stereocenters. The van der Waals surface area contributed by atoms with E-state index in [0.717, 1.165) is 43.2 Å². The van der Waals surface area contributed by atoms with Gasteiger partial charge in [-0.3, -0.25) is 0 Å². The minimum atomic E-state index is 0.252. The van der Waals surface area contributed by atoms with Crippen LogP contribution in [0.15, 0.2) is 18.2 Å². The summed E-state index contributed by atoms with van der Waals surface area (Å²) in [5.41, 5.74) is 1.33. The lowest BCUT2D eigenvalue weighted by Gasteiger charge is -2.20. The van der Waals surface area contributed by atoms with Gasteiger partial charge < -0.3 is 14.8 Å². The quantitative estimate of drug-likeness (QED) is 0.746. The van der Waals surface area contributed by atoms with Crippen LogP contribution in [0.25, 0.3) is 0 Å². The van der Waals surface area contributed by atoms with Crippen LogP contribution < -0.4 is 14.8 Å². The average Bonchev–Trinajstić information content (AvgIpc) is 2.40. The smallest absolute Gasteiger partial charge is 0.163 e. The second kappa shape index (κ2) is 8.03. The monoisotopic (exact) mass is 279 g/mol. The standard InChI is InChI=1S/C17H29NO2/c1-6-10-19-15-9-8-14(18-13-17(3,4)5)12-16(15)20-11-7-2/h8-9,12,18H,6-7,10-11,13H2,1-5H3. The zero-order chi connectivity index (χ0) is 15.0. The SMILES string of the molecule is CCCOc1ccc(NCC(C)(C)C)cc1OCCC. The van der Waals surface area contributed by atoms with Crippen LogP contribution in [-0.4, -0.2) is 19.8 Å². The maximum atomic E-state index is 5.79. The molecule has 0 bridgehead atoms. The lowest BCUT2D eigenvalue weighted by Crippen LogP contribution is -2.19. The first-order chi connectivity index (χ1) is 9.46. The Morgan fingerprint density at radius 2 is 1.55 bits per heavy atom. The van der Waals surface area contributed by atoms with Crippen molar-refractivity contribution in [3.8, 4) is 11.5 Å². The molecular weight excluding hydrogens is 250 g/mol. The van der Waals surface area contributed by atoms with Crippen molar-refractivity contribution in [1.29, 1.82) is 0 Å². The van der Waals surface area contributed by atoms with Crippen molar-refractivity contribution in [2.75, 3.05) is 25.1 Å². The minimum Gasteiger partial charge on any atom is -0.490 e. The Hall–Kier alpha value is -1.38. The summed E-state index contributed by atoms with van der Waals surface area (Å²) < 4.78 is 11.5. The Balaban J connectivity index is 2.77. The maximum Gasteiger partial charge on any atom is 0.163 e. The van der Waals surface area contributed by atoms with Crippen LogP contribution in [0, 0.1) is 5.41 Å². The molecule has 20 heavy (non-hydrogen) atoms. The van der Waals surface area contributed by atoms with Crippen molar-refractivity contribution >= 4 is 5.69 Å². The number of hydrogen-bond acceptors (Lipinski definition) is 3. The fraction of sp³-hybridized carbons (Fsp3) is 0.647. The van der Waals surface area contributed by atoms with E-state index in [0.29, 0.717) is 6.61 Å². The van der Waals surface area contributed by atoms with Crippen LogP contribution in [0.1, 0.15) is 47.5 Å². The lowest BCUT2D eigenvalue weighted by atomic mass is 9.97. The van der Waals surface area contributed by atoms with Crippen molar-refractivity contribution in [1.82, 2.24) is 0 Å². The first kappa shape index (κ1) is 16.7. The van der Waals surface area contributed by atoms with E-state index in [-0.39, 0.29) is 5.41 Å². The minimum absolute atomic E-state index is 0.252. The molecule has 0 aliphatic carbocycles. The third kappa shape index (κ3) is 6.18. The summed E-state index contributed by atoms with van der Waals surface area (Å²) in [6.45, 7) is 13.2. The van der Waals surface area contributed by atoms with Gasteiger partial charge in [0.2, 0.25) is 0 Å². The van der Waals surface area contributed by atoms with Gasteiger partial charge in [0.15, 0.2) is 11.5 Å². The van der Waals surface area contributed by atoms with Crippen LogP contribution in [0.3, 0.4) is 0 Å². The highest BCUT2D eigenvalue weighted by atomic mass is 16.5. The fourth-order valence-electron chi connectivity index (χ4n) is 1.64. The van der Waals surface area contributed by atoms with Crippen molar-refractivity contribution < 1.29 is 9.47 Å². The van der Waals surface area contributed by atoms with Crippen molar-refractivity contribution in [3.63, 3.8) is 0 Å². The summed E-state index contributed by atoms with van der Waals surface area (Å²) >= 11 is 0. The molecular formula is C17H29NO2. The van der Waals surface area contributed by atoms with Crippen molar-refractivity contribution in [2.45, 2.75) is 47.5 Å². The van der Waals surface area contributed by atoms with E-state index in [1.807, 2.05) is 12.1 Å². The van der Waals surface area contributed by atoms with Gasteiger partial charge >= 0.3 is 0 Å². The van der Waals surface area contributed by atoms with Crippen LogP contribution in [0.4, 0.5) is 5.69 Å². The highest BCUT2D eigenvalue weighted by Crippen LogP contribution is 2.31. The summed E-state index contributed by atoms with van der Waals surface area (Å²) in [7, 11) is 0. The van der Waals surface area contributed by atoms with Gasteiger partial charge in [0.25, 0.3) is 0 Å². The van der Waals surface area contributed by atoms with Crippen LogP contribution in [0.5, 0.6) is 11.5 Å². The molecule has 0 aliphatic heterocycles. The molecule has 0 saturated heterocycles. The van der Waals surface area contributed by atoms with E-state index >= 15 is 0 Å². The molecule has 0 fully saturated rings. The molecule has 1 aromatic rings. The highest BCUT2D eigenvalue weighted by molar-refractivity contribution is 5.54. The molecule has 1 aromatic carbocycles. The van der Waals surface area contributed by atoms with E-state index in [9.17, 15) is 0 Å². The largest absolute Gasteiger partial charge is 0.490 e. The summed E-state index contributed by atoms with van der Waals surface area (Å²) in [5.74, 6) is 1.67. The Labute approximate surface area is 123 Å². The molecule has 1 rings (SSSR count). The van der Waals surface area contributed by atoms with Gasteiger partial charge in [-0.15, -0.1) is 0 Å². The molecule has 0 aliphatic rings. The number of benzene rings is 1. The second-order valence-electron chi connectivity index (χ2n) is 6.27. The summed E-state index contributed by atoms with van der Waals surface area (Å²) in [4.78, 5) is 0. The Morgan fingerprint density at radius 3 is 2.10 bits per heavy atom. The molecule has 0 heterocycles. The zero-order valence-electron chi connectivity index (χ0n) is 13.6. The van der Waals surface area contributed by atoms with Gasteiger partial charge in [-0.25, -0.2) is 0 Å². The molecule has 0 unspecified atom stereocenters. The molecule has 0 amide bonds. The first-order valence-corrected chi connectivity index (χ1v) is 7.59. The average molecular weight is 279 g/mol. The molecule has 0 aromatic heterocycles. The van der Waals surface area contributed by atoms with Gasteiger partial charge in [-0.05, 0) is 30.4 Å².